The molecule has 2 aliphatic heterocycles. The zero-order valence-corrected chi connectivity index (χ0v) is 17.4. The number of rotatable bonds is 4. The Labute approximate surface area is 171 Å². The van der Waals surface area contributed by atoms with Crippen LogP contribution >= 0.6 is 22.6 Å². The van der Waals surface area contributed by atoms with E-state index >= 15 is 0 Å². The van der Waals surface area contributed by atoms with E-state index in [9.17, 15) is 18.0 Å². The van der Waals surface area contributed by atoms with Crippen LogP contribution in [0.15, 0.2) is 47.4 Å². The van der Waals surface area contributed by atoms with Gasteiger partial charge in [0.25, 0.3) is 11.7 Å². The zero-order valence-electron chi connectivity index (χ0n) is 14.4. The molecule has 1 saturated heterocycles. The van der Waals surface area contributed by atoms with Crippen LogP contribution in [-0.4, -0.2) is 37.5 Å². The van der Waals surface area contributed by atoms with Crippen LogP contribution in [0.3, 0.4) is 0 Å². The average Bonchev–Trinajstić information content (AvgIpc) is 3.28. The number of fused-ring (bicyclic) bond motifs is 1. The largest absolute Gasteiger partial charge is 0.300 e. The highest BCUT2D eigenvalue weighted by atomic mass is 127. The Morgan fingerprint density at radius 1 is 0.963 bits per heavy atom. The molecule has 2 heterocycles. The summed E-state index contributed by atoms with van der Waals surface area (Å²) in [6.07, 6.45) is 1.68. The quantitative estimate of drug-likeness (QED) is 0.482. The van der Waals surface area contributed by atoms with Gasteiger partial charge in [0.1, 0.15) is 0 Å². The number of sulfonamides is 1. The molecule has 2 aromatic carbocycles. The van der Waals surface area contributed by atoms with Crippen molar-refractivity contribution in [2.45, 2.75) is 24.3 Å². The molecule has 0 bridgehead atoms. The number of carbonyl (C=O) groups excluding carboxylic acids is 2. The van der Waals surface area contributed by atoms with E-state index < -0.39 is 21.7 Å². The Morgan fingerprint density at radius 3 is 2.30 bits per heavy atom. The smallest absolute Gasteiger partial charge is 0.299 e. The molecule has 0 aromatic heterocycles. The predicted octanol–water partition coefficient (Wildman–Crippen LogP) is 2.81. The highest BCUT2D eigenvalue weighted by Crippen LogP contribution is 2.33. The molecule has 0 N–H and O–H groups in total. The molecule has 0 spiro atoms. The molecule has 1 amide bonds. The molecule has 140 valence electrons. The van der Waals surface area contributed by atoms with Crippen molar-refractivity contribution in [1.82, 2.24) is 4.31 Å². The van der Waals surface area contributed by atoms with Gasteiger partial charge in [0.2, 0.25) is 10.0 Å². The van der Waals surface area contributed by atoms with E-state index in [4.69, 9.17) is 0 Å². The molecule has 8 heteroatoms. The summed E-state index contributed by atoms with van der Waals surface area (Å²) in [7, 11) is -3.63. The van der Waals surface area contributed by atoms with Crippen LogP contribution in [0.1, 0.15) is 28.8 Å². The molecule has 0 atom stereocenters. The van der Waals surface area contributed by atoms with Crippen molar-refractivity contribution in [3.8, 4) is 0 Å². The number of anilines is 1. The third-order valence-electron chi connectivity index (χ3n) is 4.90. The van der Waals surface area contributed by atoms with E-state index in [2.05, 4.69) is 22.6 Å². The zero-order chi connectivity index (χ0) is 19.2. The fraction of sp³-hybridized carbons (Fsp3) is 0.263. The molecule has 4 rings (SSSR count). The maximum Gasteiger partial charge on any atom is 0.299 e. The second-order valence-electron chi connectivity index (χ2n) is 6.64. The Kier molecular flexibility index (Phi) is 4.81. The van der Waals surface area contributed by atoms with Gasteiger partial charge in [0.05, 0.1) is 22.7 Å². The molecule has 2 aliphatic rings. The summed E-state index contributed by atoms with van der Waals surface area (Å²) in [5.74, 6) is -1.28. The van der Waals surface area contributed by atoms with Crippen molar-refractivity contribution >= 4 is 50.0 Å². The van der Waals surface area contributed by atoms with Crippen molar-refractivity contribution in [3.63, 3.8) is 0 Å². The van der Waals surface area contributed by atoms with Crippen molar-refractivity contribution < 1.29 is 18.0 Å². The molecular weight excluding hydrogens is 479 g/mol. The van der Waals surface area contributed by atoms with E-state index in [0.717, 1.165) is 22.0 Å². The summed E-state index contributed by atoms with van der Waals surface area (Å²) in [4.78, 5) is 26.4. The van der Waals surface area contributed by atoms with Gasteiger partial charge in [-0.25, -0.2) is 8.42 Å². The number of nitrogens with zero attached hydrogens (tertiary/aromatic N) is 2. The number of amides is 1. The number of carbonyl (C=O) groups is 2. The molecule has 1 fully saturated rings. The Balaban J connectivity index is 1.68. The molecule has 0 radical (unpaired) electrons. The van der Waals surface area contributed by atoms with Gasteiger partial charge in [-0.1, -0.05) is 12.1 Å². The van der Waals surface area contributed by atoms with Gasteiger partial charge in [-0.05, 0) is 71.3 Å². The summed E-state index contributed by atoms with van der Waals surface area (Å²) in [6, 6.07) is 12.1. The minimum absolute atomic E-state index is 0.0698. The molecule has 0 saturated carbocycles. The fourth-order valence-electron chi connectivity index (χ4n) is 3.45. The second kappa shape index (κ2) is 6.99. The molecule has 6 nitrogen and oxygen atoms in total. The lowest BCUT2D eigenvalue weighted by atomic mass is 10.1. The SMILES string of the molecule is O=C1C(=O)N(Cc2ccc(I)cc2)c2ccc(S(=O)(=O)N3CCCC3)cc21. The highest BCUT2D eigenvalue weighted by molar-refractivity contribution is 14.1. The minimum Gasteiger partial charge on any atom is -0.300 e. The van der Waals surface area contributed by atoms with Crippen LogP contribution in [0, 0.1) is 3.57 Å². The summed E-state index contributed by atoms with van der Waals surface area (Å²) in [5, 5.41) is 0. The van der Waals surface area contributed by atoms with Crippen molar-refractivity contribution in [2.24, 2.45) is 0 Å². The lowest BCUT2D eigenvalue weighted by molar-refractivity contribution is -0.114. The Hall–Kier alpha value is -1.78. The third kappa shape index (κ3) is 3.30. The summed E-state index contributed by atoms with van der Waals surface area (Å²) in [6.45, 7) is 1.25. The van der Waals surface area contributed by atoms with Crippen LogP contribution < -0.4 is 4.90 Å². The van der Waals surface area contributed by atoms with Gasteiger partial charge in [0, 0.05) is 16.7 Å². The Bertz CT molecular complexity index is 1030. The van der Waals surface area contributed by atoms with Crippen LogP contribution in [0.25, 0.3) is 0 Å². The van der Waals surface area contributed by atoms with Gasteiger partial charge in [-0.15, -0.1) is 0 Å². The lowest BCUT2D eigenvalue weighted by Gasteiger charge is -2.18. The van der Waals surface area contributed by atoms with Crippen LogP contribution in [0.5, 0.6) is 0 Å². The number of Topliss-reactive ketones (excluding diaryl/α,β-unsaturated/α-hetero) is 1. The van der Waals surface area contributed by atoms with E-state index in [1.807, 2.05) is 24.3 Å². The fourth-order valence-corrected chi connectivity index (χ4v) is 5.35. The maximum atomic E-state index is 12.7. The number of hydrogen-bond acceptors (Lipinski definition) is 4. The second-order valence-corrected chi connectivity index (χ2v) is 9.82. The van der Waals surface area contributed by atoms with E-state index in [0.29, 0.717) is 18.8 Å². The first-order valence-corrected chi connectivity index (χ1v) is 11.1. The summed E-state index contributed by atoms with van der Waals surface area (Å²) < 4.78 is 28.0. The van der Waals surface area contributed by atoms with E-state index in [-0.39, 0.29) is 17.0 Å². The van der Waals surface area contributed by atoms with E-state index in [1.165, 1.54) is 21.3 Å². The molecule has 2 aromatic rings. The molecular formula is C19H17IN2O4S. The first-order chi connectivity index (χ1) is 12.9. The number of benzene rings is 2. The number of halogens is 1. The van der Waals surface area contributed by atoms with Gasteiger partial charge in [-0.2, -0.15) is 4.31 Å². The standard InChI is InChI=1S/C19H17IN2O4S/c20-14-5-3-13(4-6-14)12-22-17-8-7-15(11-16(17)18(23)19(22)24)27(25,26)21-9-1-2-10-21/h3-8,11H,1-2,9-10,12H2. The lowest BCUT2D eigenvalue weighted by Crippen LogP contribution is -2.29. The normalized spacial score (nSPS) is 17.6. The van der Waals surface area contributed by atoms with Crippen molar-refractivity contribution in [2.75, 3.05) is 18.0 Å². The third-order valence-corrected chi connectivity index (χ3v) is 7.51. The van der Waals surface area contributed by atoms with Crippen LogP contribution in [0.2, 0.25) is 0 Å². The van der Waals surface area contributed by atoms with Crippen LogP contribution in [0.4, 0.5) is 5.69 Å². The maximum absolute atomic E-state index is 12.7. The monoisotopic (exact) mass is 496 g/mol. The topological polar surface area (TPSA) is 74.8 Å². The predicted molar refractivity (Wildman–Crippen MR) is 109 cm³/mol. The average molecular weight is 496 g/mol. The van der Waals surface area contributed by atoms with Crippen molar-refractivity contribution in [1.29, 1.82) is 0 Å². The molecule has 27 heavy (non-hydrogen) atoms. The summed E-state index contributed by atoms with van der Waals surface area (Å²) >= 11 is 2.20. The minimum atomic E-state index is -3.63. The van der Waals surface area contributed by atoms with Gasteiger partial charge < -0.3 is 4.90 Å². The first kappa shape index (κ1) is 18.6. The van der Waals surface area contributed by atoms with Gasteiger partial charge >= 0.3 is 0 Å². The summed E-state index contributed by atoms with van der Waals surface area (Å²) in [5.41, 5.74) is 1.52. The molecule has 0 unspecified atom stereocenters. The van der Waals surface area contributed by atoms with Gasteiger partial charge in [-0.3, -0.25) is 9.59 Å². The van der Waals surface area contributed by atoms with Crippen molar-refractivity contribution in [3.05, 3.63) is 57.2 Å². The molecule has 0 aliphatic carbocycles. The van der Waals surface area contributed by atoms with Crippen LogP contribution in [-0.2, 0) is 21.4 Å². The Morgan fingerprint density at radius 2 is 1.63 bits per heavy atom. The first-order valence-electron chi connectivity index (χ1n) is 8.63. The van der Waals surface area contributed by atoms with E-state index in [1.54, 1.807) is 6.07 Å². The highest BCUT2D eigenvalue weighted by Gasteiger charge is 2.37. The number of hydrogen-bond donors (Lipinski definition) is 0. The van der Waals surface area contributed by atoms with Gasteiger partial charge in [0.15, 0.2) is 0 Å². The number of ketones is 1.